The number of aliphatic hydroxyl groups excluding tert-OH is 3. The van der Waals surface area contributed by atoms with Crippen LogP contribution in [0, 0.1) is 0 Å². The predicted octanol–water partition coefficient (Wildman–Crippen LogP) is 5.19. The Kier molecular flexibility index (Phi) is 19.3. The maximum Gasteiger partial charge on any atom is 0.305 e. The van der Waals surface area contributed by atoms with E-state index in [0.29, 0.717) is 13.0 Å². The van der Waals surface area contributed by atoms with Crippen molar-refractivity contribution in [2.45, 2.75) is 147 Å². The van der Waals surface area contributed by atoms with E-state index < -0.39 is 30.7 Å². The van der Waals surface area contributed by atoms with Crippen LogP contribution in [-0.2, 0) is 19.0 Å². The molecule has 1 fully saturated rings. The molecule has 1 aliphatic rings. The van der Waals surface area contributed by atoms with Gasteiger partial charge in [0, 0.05) is 13.0 Å². The van der Waals surface area contributed by atoms with Crippen molar-refractivity contribution in [2.75, 3.05) is 13.2 Å². The minimum absolute atomic E-state index is 0.178. The fraction of sp³-hybridized carbons (Fsp3) is 0.893. The Morgan fingerprint density at radius 3 is 1.94 bits per heavy atom. The summed E-state index contributed by atoms with van der Waals surface area (Å²) < 4.78 is 16.3. The molecule has 0 aromatic rings. The van der Waals surface area contributed by atoms with E-state index in [9.17, 15) is 20.1 Å². The van der Waals surface area contributed by atoms with Gasteiger partial charge in [-0.1, -0.05) is 83.8 Å². The average Bonchev–Trinajstić information content (AvgIpc) is 2.85. The monoisotopic (exact) mass is 500 g/mol. The van der Waals surface area contributed by atoms with Gasteiger partial charge in [-0.25, -0.2) is 0 Å². The molecule has 0 aromatic heterocycles. The molecule has 0 spiro atoms. The highest BCUT2D eigenvalue weighted by molar-refractivity contribution is 5.69. The van der Waals surface area contributed by atoms with Crippen molar-refractivity contribution in [1.29, 1.82) is 0 Å². The molecule has 1 saturated heterocycles. The van der Waals surface area contributed by atoms with Gasteiger partial charge in [-0.3, -0.25) is 4.79 Å². The first-order valence-electron chi connectivity index (χ1n) is 14.1. The van der Waals surface area contributed by atoms with Gasteiger partial charge < -0.3 is 29.5 Å². The summed E-state index contributed by atoms with van der Waals surface area (Å²) in [5, 5.41) is 30.2. The second-order valence-corrected chi connectivity index (χ2v) is 9.76. The van der Waals surface area contributed by atoms with Crippen molar-refractivity contribution in [3.05, 3.63) is 12.2 Å². The lowest BCUT2D eigenvalue weighted by molar-refractivity contribution is -0.301. The molecule has 206 valence electrons. The predicted molar refractivity (Wildman–Crippen MR) is 138 cm³/mol. The summed E-state index contributed by atoms with van der Waals surface area (Å²) in [6.45, 7) is 4.46. The van der Waals surface area contributed by atoms with Crippen molar-refractivity contribution in [2.24, 2.45) is 0 Å². The number of aliphatic hydroxyl groups is 3. The highest BCUT2D eigenvalue weighted by atomic mass is 16.7. The molecule has 7 heteroatoms. The maximum absolute atomic E-state index is 12.1. The Balaban J connectivity index is 2.04. The van der Waals surface area contributed by atoms with Crippen LogP contribution in [0.5, 0.6) is 0 Å². The summed E-state index contributed by atoms with van der Waals surface area (Å²) in [6.07, 6.45) is 16.2. The Bertz CT molecular complexity index is 539. The number of esters is 1. The molecule has 7 nitrogen and oxygen atoms in total. The quantitative estimate of drug-likeness (QED) is 0.113. The normalized spacial score (nSPS) is 24.8. The van der Waals surface area contributed by atoms with Gasteiger partial charge in [0.05, 0.1) is 0 Å². The van der Waals surface area contributed by atoms with Crippen LogP contribution < -0.4 is 0 Å². The van der Waals surface area contributed by atoms with Crippen LogP contribution in [0.25, 0.3) is 0 Å². The summed E-state index contributed by atoms with van der Waals surface area (Å²) >= 11 is 0. The van der Waals surface area contributed by atoms with Gasteiger partial charge in [0.2, 0.25) is 0 Å². The van der Waals surface area contributed by atoms with E-state index in [-0.39, 0.29) is 12.6 Å². The lowest BCUT2D eigenvalue weighted by Gasteiger charge is -2.39. The molecule has 3 N–H and O–H groups in total. The molecule has 0 aliphatic carbocycles. The highest BCUT2D eigenvalue weighted by Crippen LogP contribution is 2.23. The lowest BCUT2D eigenvalue weighted by atomic mass is 9.99. The molecular weight excluding hydrogens is 448 g/mol. The number of unbranched alkanes of at least 4 members (excludes halogenated alkanes) is 12. The molecule has 1 rings (SSSR count). The number of hydrogen-bond donors (Lipinski definition) is 3. The fourth-order valence-corrected chi connectivity index (χ4v) is 4.12. The molecule has 0 radical (unpaired) electrons. The molecule has 0 aromatic carbocycles. The first kappa shape index (κ1) is 32.0. The smallest absolute Gasteiger partial charge is 0.305 e. The summed E-state index contributed by atoms with van der Waals surface area (Å²) in [6, 6.07) is 0. The van der Waals surface area contributed by atoms with E-state index in [1.807, 2.05) is 6.92 Å². The van der Waals surface area contributed by atoms with Crippen molar-refractivity contribution < 1.29 is 34.3 Å². The zero-order valence-corrected chi connectivity index (χ0v) is 22.2. The lowest BCUT2D eigenvalue weighted by Crippen LogP contribution is -2.59. The second kappa shape index (κ2) is 21.1. The molecule has 0 bridgehead atoms. The van der Waals surface area contributed by atoms with E-state index in [1.165, 1.54) is 51.4 Å². The van der Waals surface area contributed by atoms with Crippen molar-refractivity contribution in [1.82, 2.24) is 0 Å². The summed E-state index contributed by atoms with van der Waals surface area (Å²) in [7, 11) is 0. The van der Waals surface area contributed by atoms with Crippen molar-refractivity contribution in [3.8, 4) is 0 Å². The Morgan fingerprint density at radius 2 is 1.31 bits per heavy atom. The van der Waals surface area contributed by atoms with Gasteiger partial charge >= 0.3 is 5.97 Å². The van der Waals surface area contributed by atoms with Crippen molar-refractivity contribution in [3.63, 3.8) is 0 Å². The third-order valence-corrected chi connectivity index (χ3v) is 6.50. The van der Waals surface area contributed by atoms with E-state index in [4.69, 9.17) is 14.2 Å². The van der Waals surface area contributed by atoms with Crippen molar-refractivity contribution >= 4 is 5.97 Å². The van der Waals surface area contributed by atoms with E-state index in [1.54, 1.807) is 0 Å². The fourth-order valence-electron chi connectivity index (χ4n) is 4.12. The summed E-state index contributed by atoms with van der Waals surface area (Å²) in [5.74, 6) is -0.345. The van der Waals surface area contributed by atoms with Crippen LogP contribution in [-0.4, -0.2) is 65.2 Å². The Labute approximate surface area is 213 Å². The zero-order chi connectivity index (χ0) is 25.7. The first-order chi connectivity index (χ1) is 17.0. The molecule has 0 saturated carbocycles. The Morgan fingerprint density at radius 1 is 0.743 bits per heavy atom. The minimum Gasteiger partial charge on any atom is -0.463 e. The van der Waals surface area contributed by atoms with E-state index >= 15 is 0 Å². The molecule has 0 amide bonds. The number of carbonyl (C=O) groups is 1. The van der Waals surface area contributed by atoms with Gasteiger partial charge in [-0.2, -0.15) is 0 Å². The minimum atomic E-state index is -1.41. The maximum atomic E-state index is 12.1. The van der Waals surface area contributed by atoms with E-state index in [2.05, 4.69) is 19.1 Å². The van der Waals surface area contributed by atoms with Crippen LogP contribution in [0.15, 0.2) is 12.2 Å². The summed E-state index contributed by atoms with van der Waals surface area (Å²) in [4.78, 5) is 12.1. The van der Waals surface area contributed by atoms with Crippen LogP contribution >= 0.6 is 0 Å². The first-order valence-corrected chi connectivity index (χ1v) is 14.1. The average molecular weight is 501 g/mol. The largest absolute Gasteiger partial charge is 0.463 e. The number of ether oxygens (including phenoxy) is 3. The molecular formula is C28H52O7. The third-order valence-electron chi connectivity index (χ3n) is 6.50. The third kappa shape index (κ3) is 15.0. The van der Waals surface area contributed by atoms with Gasteiger partial charge in [-0.15, -0.1) is 0 Å². The number of hydrogen-bond acceptors (Lipinski definition) is 7. The molecule has 1 aliphatic heterocycles. The number of carbonyl (C=O) groups excluding carboxylic acids is 1. The number of rotatable bonds is 21. The van der Waals surface area contributed by atoms with Gasteiger partial charge in [-0.05, 0) is 38.5 Å². The topological polar surface area (TPSA) is 105 Å². The van der Waals surface area contributed by atoms with Crippen LogP contribution in [0.1, 0.15) is 117 Å². The number of allylic oxidation sites excluding steroid dienone is 2. The molecule has 1 heterocycles. The second-order valence-electron chi connectivity index (χ2n) is 9.76. The SMILES string of the molecule is CCCCCCCC/C=C\CCCCCCCC(=O)OC[C@H]1O[C@@H](OCCCC)[C@H](O)[C@@H](O)[C@H]1O. The zero-order valence-electron chi connectivity index (χ0n) is 22.2. The van der Waals surface area contributed by atoms with Crippen LogP contribution in [0.4, 0.5) is 0 Å². The standard InChI is InChI=1S/C28H52O7/c1-3-5-7-8-9-10-11-12-13-14-15-16-17-18-19-20-24(29)34-22-23-25(30)26(31)27(32)28(35-23)33-21-6-4-2/h12-13,23,25-28,30-32H,3-11,14-22H2,1-2H3/b13-12-/t23-,25+,26+,27-,28-/m1/s1. The van der Waals surface area contributed by atoms with Crippen LogP contribution in [0.3, 0.4) is 0 Å². The molecule has 0 unspecified atom stereocenters. The van der Waals surface area contributed by atoms with Gasteiger partial charge in [0.25, 0.3) is 0 Å². The van der Waals surface area contributed by atoms with Gasteiger partial charge in [0.15, 0.2) is 6.29 Å². The van der Waals surface area contributed by atoms with Gasteiger partial charge in [0.1, 0.15) is 31.0 Å². The highest BCUT2D eigenvalue weighted by Gasteiger charge is 2.44. The Hall–Kier alpha value is -0.990. The van der Waals surface area contributed by atoms with Crippen LogP contribution in [0.2, 0.25) is 0 Å². The summed E-state index contributed by atoms with van der Waals surface area (Å²) in [5.41, 5.74) is 0. The molecule has 5 atom stereocenters. The molecule has 35 heavy (non-hydrogen) atoms. The van der Waals surface area contributed by atoms with E-state index in [0.717, 1.165) is 44.9 Å².